The van der Waals surface area contributed by atoms with E-state index in [1.165, 1.54) is 0 Å². The lowest BCUT2D eigenvalue weighted by atomic mass is 10.1. The summed E-state index contributed by atoms with van der Waals surface area (Å²) in [5, 5.41) is 1.73. The maximum Gasteiger partial charge on any atom is 0.270 e. The van der Waals surface area contributed by atoms with E-state index in [1.54, 1.807) is 0 Å². The van der Waals surface area contributed by atoms with E-state index in [0.717, 1.165) is 27.7 Å². The van der Waals surface area contributed by atoms with Gasteiger partial charge in [-0.2, -0.15) is 0 Å². The van der Waals surface area contributed by atoms with Gasteiger partial charge in [-0.05, 0) is 36.4 Å². The minimum Gasteiger partial charge on any atom is -0.351 e. The highest BCUT2D eigenvalue weighted by Gasteiger charge is 2.24. The summed E-state index contributed by atoms with van der Waals surface area (Å²) in [6.45, 7) is 1.16. The molecule has 6 heteroatoms. The Morgan fingerprint density at radius 2 is 1.93 bits per heavy atom. The predicted molar refractivity (Wildman–Crippen MR) is 109 cm³/mol. The number of halogens is 1. The number of fused-ring (bicyclic) bond motifs is 2. The first-order valence-corrected chi connectivity index (χ1v) is 9.53. The summed E-state index contributed by atoms with van der Waals surface area (Å²) < 4.78 is 0. The van der Waals surface area contributed by atoms with Crippen molar-refractivity contribution in [2.24, 2.45) is 0 Å². The number of hydrogen-bond acceptors (Lipinski definition) is 3. The molecule has 5 rings (SSSR count). The number of amides is 1. The van der Waals surface area contributed by atoms with Crippen LogP contribution in [0.4, 0.5) is 0 Å². The average Bonchev–Trinajstić information content (AvgIpc) is 3.17. The van der Waals surface area contributed by atoms with E-state index in [1.807, 2.05) is 65.7 Å². The van der Waals surface area contributed by atoms with Gasteiger partial charge in [0.2, 0.25) is 0 Å². The van der Waals surface area contributed by atoms with Gasteiger partial charge in [0.1, 0.15) is 5.69 Å². The zero-order chi connectivity index (χ0) is 19.1. The van der Waals surface area contributed by atoms with Gasteiger partial charge in [-0.15, -0.1) is 0 Å². The molecule has 1 aliphatic heterocycles. The van der Waals surface area contributed by atoms with Crippen molar-refractivity contribution in [3.05, 3.63) is 82.8 Å². The van der Waals surface area contributed by atoms with Crippen LogP contribution < -0.4 is 0 Å². The van der Waals surface area contributed by atoms with E-state index in [4.69, 9.17) is 16.6 Å². The molecule has 138 valence electrons. The molecule has 3 heterocycles. The number of nitrogens with zero attached hydrogens (tertiary/aromatic N) is 3. The van der Waals surface area contributed by atoms with Crippen LogP contribution in [0.1, 0.15) is 21.7 Å². The van der Waals surface area contributed by atoms with Gasteiger partial charge in [0.15, 0.2) is 5.82 Å². The number of benzene rings is 2. The van der Waals surface area contributed by atoms with E-state index in [2.05, 4.69) is 9.97 Å². The predicted octanol–water partition coefficient (Wildman–Crippen LogP) is 4.48. The summed E-state index contributed by atoms with van der Waals surface area (Å²) in [6.07, 6.45) is 2.54. The lowest BCUT2D eigenvalue weighted by Crippen LogP contribution is -2.36. The molecule has 0 radical (unpaired) electrons. The van der Waals surface area contributed by atoms with Gasteiger partial charge in [-0.25, -0.2) is 9.97 Å². The second-order valence-electron chi connectivity index (χ2n) is 6.92. The average molecular weight is 389 g/mol. The molecule has 0 atom stereocenters. The topological polar surface area (TPSA) is 61.9 Å². The lowest BCUT2D eigenvalue weighted by molar-refractivity contribution is 0.0728. The molecule has 0 saturated carbocycles. The SMILES string of the molecule is O=C(c1cc2ccccc2[nH]1)N1CCc2nc(-c3ccc(Cl)cc3)ncc2C1. The number of aromatic amines is 1. The van der Waals surface area contributed by atoms with E-state index < -0.39 is 0 Å². The van der Waals surface area contributed by atoms with Gasteiger partial charge in [0, 0.05) is 52.8 Å². The zero-order valence-electron chi connectivity index (χ0n) is 15.0. The standard InChI is InChI=1S/C22H17ClN4O/c23-17-7-5-14(6-8-17)21-24-12-16-13-27(10-9-19(16)26-21)22(28)20-11-15-3-1-2-4-18(15)25-20/h1-8,11-12,25H,9-10,13H2. The number of para-hydroxylation sites is 1. The molecule has 0 fully saturated rings. The first-order chi connectivity index (χ1) is 13.7. The molecule has 0 aliphatic carbocycles. The maximum atomic E-state index is 12.9. The summed E-state index contributed by atoms with van der Waals surface area (Å²) >= 11 is 5.96. The van der Waals surface area contributed by atoms with Gasteiger partial charge in [-0.3, -0.25) is 4.79 Å². The minimum absolute atomic E-state index is 0.00336. The molecule has 0 saturated heterocycles. The van der Waals surface area contributed by atoms with E-state index in [0.29, 0.717) is 36.1 Å². The van der Waals surface area contributed by atoms with Crippen LogP contribution in [0.2, 0.25) is 5.02 Å². The Labute approximate surface area is 167 Å². The summed E-state index contributed by atoms with van der Waals surface area (Å²) in [5.74, 6) is 0.689. The molecule has 4 aromatic rings. The molecule has 0 spiro atoms. The largest absolute Gasteiger partial charge is 0.351 e. The van der Waals surface area contributed by atoms with Crippen LogP contribution in [0, 0.1) is 0 Å². The summed E-state index contributed by atoms with van der Waals surface area (Å²) in [4.78, 5) is 27.2. The molecule has 0 bridgehead atoms. The van der Waals surface area contributed by atoms with Gasteiger partial charge in [0.25, 0.3) is 5.91 Å². The van der Waals surface area contributed by atoms with Crippen LogP contribution in [-0.4, -0.2) is 32.3 Å². The zero-order valence-corrected chi connectivity index (χ0v) is 15.8. The highest BCUT2D eigenvalue weighted by atomic mass is 35.5. The van der Waals surface area contributed by atoms with Gasteiger partial charge < -0.3 is 9.88 Å². The summed E-state index contributed by atoms with van der Waals surface area (Å²) in [7, 11) is 0. The number of carbonyl (C=O) groups excluding carboxylic acids is 1. The monoisotopic (exact) mass is 388 g/mol. The molecule has 1 amide bonds. The molecule has 28 heavy (non-hydrogen) atoms. The van der Waals surface area contributed by atoms with Gasteiger partial charge in [-0.1, -0.05) is 29.8 Å². The second kappa shape index (κ2) is 6.77. The first-order valence-electron chi connectivity index (χ1n) is 9.15. The van der Waals surface area contributed by atoms with Gasteiger partial charge >= 0.3 is 0 Å². The fraction of sp³-hybridized carbons (Fsp3) is 0.136. The van der Waals surface area contributed by atoms with Crippen LogP contribution in [0.3, 0.4) is 0 Å². The van der Waals surface area contributed by atoms with Crippen molar-refractivity contribution in [3.8, 4) is 11.4 Å². The molecule has 0 unspecified atom stereocenters. The maximum absolute atomic E-state index is 12.9. The summed E-state index contributed by atoms with van der Waals surface area (Å²) in [5.41, 5.74) is 4.51. The Bertz CT molecular complexity index is 1150. The molecule has 1 N–H and O–H groups in total. The minimum atomic E-state index is 0.00336. The number of nitrogens with one attached hydrogen (secondary N) is 1. The first kappa shape index (κ1) is 17.0. The third-order valence-electron chi connectivity index (χ3n) is 5.08. The Kier molecular flexibility index (Phi) is 4.10. The lowest BCUT2D eigenvalue weighted by Gasteiger charge is -2.27. The molecular weight excluding hydrogens is 372 g/mol. The van der Waals surface area contributed by atoms with Gasteiger partial charge in [0.05, 0.1) is 5.69 Å². The quantitative estimate of drug-likeness (QED) is 0.550. The Balaban J connectivity index is 1.39. The molecule has 2 aromatic carbocycles. The number of H-pyrrole nitrogens is 1. The Hall–Kier alpha value is -3.18. The highest BCUT2D eigenvalue weighted by Crippen LogP contribution is 2.24. The highest BCUT2D eigenvalue weighted by molar-refractivity contribution is 6.30. The number of rotatable bonds is 2. The van der Waals surface area contributed by atoms with Crippen molar-refractivity contribution in [2.75, 3.05) is 6.54 Å². The van der Waals surface area contributed by atoms with Crippen LogP contribution in [0.15, 0.2) is 60.8 Å². The fourth-order valence-electron chi connectivity index (χ4n) is 3.59. The van der Waals surface area contributed by atoms with Crippen molar-refractivity contribution in [1.82, 2.24) is 19.9 Å². The number of hydrogen-bond donors (Lipinski definition) is 1. The van der Waals surface area contributed by atoms with Crippen LogP contribution in [-0.2, 0) is 13.0 Å². The number of carbonyl (C=O) groups is 1. The third kappa shape index (κ3) is 3.04. The van der Waals surface area contributed by atoms with E-state index >= 15 is 0 Å². The van der Waals surface area contributed by atoms with Crippen molar-refractivity contribution in [2.45, 2.75) is 13.0 Å². The number of aromatic nitrogens is 3. The molecule has 5 nitrogen and oxygen atoms in total. The van der Waals surface area contributed by atoms with Crippen LogP contribution >= 0.6 is 11.6 Å². The Morgan fingerprint density at radius 1 is 1.11 bits per heavy atom. The van der Waals surface area contributed by atoms with Crippen molar-refractivity contribution in [1.29, 1.82) is 0 Å². The Morgan fingerprint density at radius 3 is 2.75 bits per heavy atom. The van der Waals surface area contributed by atoms with Crippen LogP contribution in [0.25, 0.3) is 22.3 Å². The van der Waals surface area contributed by atoms with Crippen molar-refractivity contribution >= 4 is 28.4 Å². The molecule has 2 aromatic heterocycles. The van der Waals surface area contributed by atoms with Crippen LogP contribution in [0.5, 0.6) is 0 Å². The molecule has 1 aliphatic rings. The smallest absolute Gasteiger partial charge is 0.270 e. The third-order valence-corrected chi connectivity index (χ3v) is 5.34. The second-order valence-corrected chi connectivity index (χ2v) is 7.36. The van der Waals surface area contributed by atoms with E-state index in [-0.39, 0.29) is 5.91 Å². The van der Waals surface area contributed by atoms with E-state index in [9.17, 15) is 4.79 Å². The fourth-order valence-corrected chi connectivity index (χ4v) is 3.71. The molecular formula is C22H17ClN4O. The van der Waals surface area contributed by atoms with Crippen molar-refractivity contribution in [3.63, 3.8) is 0 Å². The van der Waals surface area contributed by atoms with Crippen molar-refractivity contribution < 1.29 is 4.79 Å². The summed E-state index contributed by atoms with van der Waals surface area (Å²) in [6, 6.07) is 17.3. The normalized spacial score (nSPS) is 13.5.